The molecule has 1 heterocycles. The van der Waals surface area contributed by atoms with E-state index in [4.69, 9.17) is 9.47 Å². The van der Waals surface area contributed by atoms with E-state index >= 15 is 0 Å². The quantitative estimate of drug-likeness (QED) is 0.838. The van der Waals surface area contributed by atoms with Crippen molar-refractivity contribution in [3.05, 3.63) is 34.3 Å². The maximum atomic E-state index is 5.81. The highest BCUT2D eigenvalue weighted by Gasteiger charge is 2.39. The van der Waals surface area contributed by atoms with Gasteiger partial charge in [0, 0.05) is 23.1 Å². The molecule has 1 unspecified atom stereocenters. The van der Waals surface area contributed by atoms with Crippen LogP contribution in [0.25, 0.3) is 0 Å². The van der Waals surface area contributed by atoms with Crippen molar-refractivity contribution < 1.29 is 9.47 Å². The van der Waals surface area contributed by atoms with Crippen molar-refractivity contribution in [3.63, 3.8) is 0 Å². The highest BCUT2D eigenvalue weighted by Crippen LogP contribution is 2.40. The monoisotopic (exact) mass is 270 g/mol. The molecule has 1 aromatic carbocycles. The van der Waals surface area contributed by atoms with E-state index in [0.717, 1.165) is 29.5 Å². The van der Waals surface area contributed by atoms with Crippen LogP contribution in [0, 0.1) is 0 Å². The van der Waals surface area contributed by atoms with Gasteiger partial charge in [-0.25, -0.2) is 0 Å². The minimum atomic E-state index is -0.519. The van der Waals surface area contributed by atoms with Gasteiger partial charge in [0.25, 0.3) is 0 Å². The van der Waals surface area contributed by atoms with Crippen molar-refractivity contribution >= 4 is 15.9 Å². The Balaban J connectivity index is 2.36. The number of ether oxygens (including phenoxy) is 2. The molecule has 1 aromatic rings. The highest BCUT2D eigenvalue weighted by atomic mass is 79.9. The molecule has 0 bridgehead atoms. The fourth-order valence-electron chi connectivity index (χ4n) is 2.02. The fourth-order valence-corrected chi connectivity index (χ4v) is 2.61. The molecule has 2 nitrogen and oxygen atoms in total. The van der Waals surface area contributed by atoms with Gasteiger partial charge in [-0.2, -0.15) is 0 Å². The standard InChI is InChI=1S/C12H15BrO2/c1-2-14-12(8-5-9-15-12)10-6-3-4-7-11(10)13/h3-4,6-7H,2,5,8-9H2,1H3. The molecule has 0 aliphatic carbocycles. The molecule has 0 radical (unpaired) electrons. The number of benzene rings is 1. The van der Waals surface area contributed by atoms with Crippen molar-refractivity contribution in [1.82, 2.24) is 0 Å². The second-order valence-electron chi connectivity index (χ2n) is 3.62. The van der Waals surface area contributed by atoms with Crippen LogP contribution in [0.2, 0.25) is 0 Å². The molecule has 1 aliphatic rings. The minimum absolute atomic E-state index is 0.519. The SMILES string of the molecule is CCOC1(c2ccccc2Br)CCCO1. The van der Waals surface area contributed by atoms with E-state index in [1.54, 1.807) is 0 Å². The smallest absolute Gasteiger partial charge is 0.195 e. The lowest BCUT2D eigenvalue weighted by molar-refractivity contribution is -0.216. The maximum Gasteiger partial charge on any atom is 0.195 e. The molecule has 82 valence electrons. The third-order valence-electron chi connectivity index (χ3n) is 2.65. The Labute approximate surface area is 98.7 Å². The van der Waals surface area contributed by atoms with Gasteiger partial charge in [-0.3, -0.25) is 0 Å². The Hall–Kier alpha value is -0.380. The van der Waals surface area contributed by atoms with E-state index in [2.05, 4.69) is 22.0 Å². The number of hydrogen-bond acceptors (Lipinski definition) is 2. The van der Waals surface area contributed by atoms with Gasteiger partial charge in [0.2, 0.25) is 0 Å². The molecule has 0 N–H and O–H groups in total. The van der Waals surface area contributed by atoms with Crippen molar-refractivity contribution in [3.8, 4) is 0 Å². The van der Waals surface area contributed by atoms with Gasteiger partial charge in [0.1, 0.15) is 0 Å². The third kappa shape index (κ3) is 2.10. The van der Waals surface area contributed by atoms with E-state index in [0.29, 0.717) is 6.61 Å². The predicted octanol–water partition coefficient (Wildman–Crippen LogP) is 3.45. The van der Waals surface area contributed by atoms with E-state index in [9.17, 15) is 0 Å². The first kappa shape index (κ1) is 11.1. The molecule has 0 spiro atoms. The Kier molecular flexibility index (Phi) is 3.44. The molecular formula is C12H15BrO2. The third-order valence-corrected chi connectivity index (χ3v) is 3.34. The van der Waals surface area contributed by atoms with Gasteiger partial charge in [-0.05, 0) is 19.4 Å². The van der Waals surface area contributed by atoms with Gasteiger partial charge in [0.15, 0.2) is 5.79 Å². The summed E-state index contributed by atoms with van der Waals surface area (Å²) in [6.07, 6.45) is 1.99. The second kappa shape index (κ2) is 4.64. The molecule has 3 heteroatoms. The molecule has 0 amide bonds. The van der Waals surface area contributed by atoms with Gasteiger partial charge in [0.05, 0.1) is 6.61 Å². The first-order valence-electron chi connectivity index (χ1n) is 5.31. The van der Waals surface area contributed by atoms with Crippen LogP contribution in [0.15, 0.2) is 28.7 Å². The summed E-state index contributed by atoms with van der Waals surface area (Å²) in [4.78, 5) is 0. The van der Waals surface area contributed by atoms with Crippen molar-refractivity contribution in [1.29, 1.82) is 0 Å². The summed E-state index contributed by atoms with van der Waals surface area (Å²) in [6.45, 7) is 3.45. The van der Waals surface area contributed by atoms with Crippen LogP contribution in [0.3, 0.4) is 0 Å². The molecule has 15 heavy (non-hydrogen) atoms. The fraction of sp³-hybridized carbons (Fsp3) is 0.500. The molecule has 1 fully saturated rings. The number of halogens is 1. The van der Waals surface area contributed by atoms with Crippen LogP contribution in [0.5, 0.6) is 0 Å². The first-order valence-corrected chi connectivity index (χ1v) is 6.11. The summed E-state index contributed by atoms with van der Waals surface area (Å²) >= 11 is 3.55. The average molecular weight is 271 g/mol. The summed E-state index contributed by atoms with van der Waals surface area (Å²) in [5, 5.41) is 0. The van der Waals surface area contributed by atoms with Gasteiger partial charge >= 0.3 is 0 Å². The second-order valence-corrected chi connectivity index (χ2v) is 4.47. The van der Waals surface area contributed by atoms with E-state index in [1.165, 1.54) is 0 Å². The van der Waals surface area contributed by atoms with E-state index in [-0.39, 0.29) is 0 Å². The lowest BCUT2D eigenvalue weighted by Gasteiger charge is -2.29. The van der Waals surface area contributed by atoms with Crippen LogP contribution < -0.4 is 0 Å². The summed E-state index contributed by atoms with van der Waals surface area (Å²) in [6, 6.07) is 8.10. The summed E-state index contributed by atoms with van der Waals surface area (Å²) < 4.78 is 12.7. The molecule has 1 saturated heterocycles. The van der Waals surface area contributed by atoms with E-state index in [1.807, 2.05) is 25.1 Å². The maximum absolute atomic E-state index is 5.81. The molecule has 1 aliphatic heterocycles. The molecule has 1 atom stereocenters. The molecule has 2 rings (SSSR count). The zero-order valence-electron chi connectivity index (χ0n) is 8.83. The van der Waals surface area contributed by atoms with Crippen molar-refractivity contribution in [2.24, 2.45) is 0 Å². The van der Waals surface area contributed by atoms with Crippen molar-refractivity contribution in [2.75, 3.05) is 13.2 Å². The largest absolute Gasteiger partial charge is 0.346 e. The Morgan fingerprint density at radius 3 is 2.87 bits per heavy atom. The predicted molar refractivity (Wildman–Crippen MR) is 62.6 cm³/mol. The van der Waals surface area contributed by atoms with Gasteiger partial charge in [-0.15, -0.1) is 0 Å². The lowest BCUT2D eigenvalue weighted by atomic mass is 10.0. The lowest BCUT2D eigenvalue weighted by Crippen LogP contribution is -2.29. The normalized spacial score (nSPS) is 25.7. The first-order chi connectivity index (χ1) is 7.28. The Bertz CT molecular complexity index is 332. The van der Waals surface area contributed by atoms with E-state index < -0.39 is 5.79 Å². The molecular weight excluding hydrogens is 256 g/mol. The topological polar surface area (TPSA) is 18.5 Å². The molecule has 0 aromatic heterocycles. The van der Waals surface area contributed by atoms with Crippen LogP contribution in [0.4, 0.5) is 0 Å². The summed E-state index contributed by atoms with van der Waals surface area (Å²) in [7, 11) is 0. The van der Waals surface area contributed by atoms with Crippen LogP contribution in [0.1, 0.15) is 25.3 Å². The Morgan fingerprint density at radius 1 is 1.47 bits per heavy atom. The average Bonchev–Trinajstić information content (AvgIpc) is 2.69. The van der Waals surface area contributed by atoms with Crippen LogP contribution in [-0.4, -0.2) is 13.2 Å². The van der Waals surface area contributed by atoms with Crippen molar-refractivity contribution in [2.45, 2.75) is 25.6 Å². The molecule has 0 saturated carbocycles. The highest BCUT2D eigenvalue weighted by molar-refractivity contribution is 9.10. The van der Waals surface area contributed by atoms with Crippen LogP contribution >= 0.6 is 15.9 Å². The van der Waals surface area contributed by atoms with Gasteiger partial charge < -0.3 is 9.47 Å². The summed E-state index contributed by atoms with van der Waals surface area (Å²) in [5.74, 6) is -0.519. The van der Waals surface area contributed by atoms with Gasteiger partial charge in [-0.1, -0.05) is 34.1 Å². The zero-order chi connectivity index (χ0) is 10.7. The zero-order valence-corrected chi connectivity index (χ0v) is 10.4. The van der Waals surface area contributed by atoms with Crippen LogP contribution in [-0.2, 0) is 15.3 Å². The number of rotatable bonds is 3. The number of hydrogen-bond donors (Lipinski definition) is 0. The summed E-state index contributed by atoms with van der Waals surface area (Å²) in [5.41, 5.74) is 1.10. The Morgan fingerprint density at radius 2 is 2.27 bits per heavy atom. The minimum Gasteiger partial charge on any atom is -0.346 e.